The Balaban J connectivity index is 0. The lowest BCUT2D eigenvalue weighted by molar-refractivity contribution is -0.119. The summed E-state index contributed by atoms with van der Waals surface area (Å²) in [6.45, 7) is 3.35. The molecule has 94 valence electrons. The van der Waals surface area contributed by atoms with Crippen molar-refractivity contribution < 1.29 is 19.1 Å². The Kier molecular flexibility index (Phi) is 11.9. The van der Waals surface area contributed by atoms with Gasteiger partial charge in [-0.1, -0.05) is 0 Å². The van der Waals surface area contributed by atoms with Gasteiger partial charge in [-0.2, -0.15) is 0 Å². The zero-order valence-electron chi connectivity index (χ0n) is 9.82. The first-order valence-electron chi connectivity index (χ1n) is 4.77. The lowest BCUT2D eigenvalue weighted by atomic mass is 10.2. The van der Waals surface area contributed by atoms with E-state index in [0.717, 1.165) is 0 Å². The van der Waals surface area contributed by atoms with Crippen LogP contribution in [0.25, 0.3) is 0 Å². The largest absolute Gasteiger partial charge is 0.469 e. The summed E-state index contributed by atoms with van der Waals surface area (Å²) in [6.07, 6.45) is 1.98. The number of hydrogen-bond acceptors (Lipinski definition) is 4. The summed E-state index contributed by atoms with van der Waals surface area (Å²) in [6, 6.07) is 0. The van der Waals surface area contributed by atoms with E-state index in [2.05, 4.69) is 16.1 Å². The third-order valence-electron chi connectivity index (χ3n) is 1.55. The first-order chi connectivity index (χ1) is 7.43. The van der Waals surface area contributed by atoms with Crippen molar-refractivity contribution in [1.82, 2.24) is 0 Å². The summed E-state index contributed by atoms with van der Waals surface area (Å²) in [7, 11) is 3.01. The van der Waals surface area contributed by atoms with Gasteiger partial charge >= 0.3 is 0 Å². The Bertz CT molecular complexity index is 207. The van der Waals surface area contributed by atoms with Crippen LogP contribution in [0.4, 0.5) is 0 Å². The summed E-state index contributed by atoms with van der Waals surface area (Å²) >= 11 is 0. The number of nitrogens with two attached hydrogens (primary N) is 2. The molecule has 0 fully saturated rings. The van der Waals surface area contributed by atoms with E-state index in [0.29, 0.717) is 31.6 Å². The molecule has 0 aliphatic carbocycles. The molecule has 0 saturated carbocycles. The van der Waals surface area contributed by atoms with Crippen molar-refractivity contribution in [3.8, 4) is 0 Å². The van der Waals surface area contributed by atoms with Gasteiger partial charge in [-0.05, 0) is 19.4 Å². The molecule has 0 aliphatic heterocycles. The second-order valence-corrected chi connectivity index (χ2v) is 2.92. The van der Waals surface area contributed by atoms with Crippen molar-refractivity contribution in [2.75, 3.05) is 14.2 Å². The molecule has 0 saturated heterocycles. The third-order valence-corrected chi connectivity index (χ3v) is 1.55. The fourth-order valence-corrected chi connectivity index (χ4v) is 0.682. The first-order valence-corrected chi connectivity index (χ1v) is 4.77. The smallest absolute Gasteiger partial charge is 0.270 e. The van der Waals surface area contributed by atoms with E-state index >= 15 is 0 Å². The number of unbranched alkanes of at least 4 members (excludes halogenated alkanes) is 1. The predicted octanol–water partition coefficient (Wildman–Crippen LogP) is 0.268. The van der Waals surface area contributed by atoms with Crippen LogP contribution in [-0.2, 0) is 19.1 Å². The van der Waals surface area contributed by atoms with Gasteiger partial charge in [-0.3, -0.25) is 9.59 Å². The lowest BCUT2D eigenvalue weighted by Crippen LogP contribution is -2.12. The van der Waals surface area contributed by atoms with Gasteiger partial charge in [0.25, 0.3) is 5.95 Å². The number of carbonyl (C=O) groups excluding carboxylic acids is 2. The van der Waals surface area contributed by atoms with Gasteiger partial charge in [-0.15, -0.1) is 0 Å². The van der Waals surface area contributed by atoms with Gasteiger partial charge in [0.15, 0.2) is 0 Å². The molecule has 0 atom stereocenters. The summed E-state index contributed by atoms with van der Waals surface area (Å²) in [5.74, 6) is -0.316. The van der Waals surface area contributed by atoms with Crippen LogP contribution in [0.5, 0.6) is 0 Å². The second kappa shape index (κ2) is 11.4. The van der Waals surface area contributed by atoms with E-state index in [1.54, 1.807) is 0 Å². The lowest BCUT2D eigenvalue weighted by Gasteiger charge is -1.97. The normalized spacial score (nSPS) is 8.38. The first kappa shape index (κ1) is 16.7. The summed E-state index contributed by atoms with van der Waals surface area (Å²) in [5, 5.41) is 0. The van der Waals surface area contributed by atoms with Gasteiger partial charge in [-0.25, -0.2) is 0 Å². The number of carbonyl (C=O) groups is 2. The molecule has 16 heavy (non-hydrogen) atoms. The van der Waals surface area contributed by atoms with Crippen LogP contribution >= 0.6 is 0 Å². The molecule has 6 nitrogen and oxygen atoms in total. The average Bonchev–Trinajstić information content (AvgIpc) is 2.23. The van der Waals surface area contributed by atoms with Crippen molar-refractivity contribution in [2.24, 2.45) is 11.5 Å². The molecule has 0 spiro atoms. The van der Waals surface area contributed by atoms with Crippen molar-refractivity contribution >= 4 is 11.8 Å². The van der Waals surface area contributed by atoms with Crippen LogP contribution in [0.3, 0.4) is 0 Å². The number of ether oxygens (including phenoxy) is 2. The average molecular weight is 232 g/mol. The van der Waals surface area contributed by atoms with Crippen LogP contribution in [0.2, 0.25) is 0 Å². The number of rotatable bonds is 7. The van der Waals surface area contributed by atoms with E-state index < -0.39 is 0 Å². The molecule has 6 heteroatoms. The monoisotopic (exact) mass is 232 g/mol. The summed E-state index contributed by atoms with van der Waals surface area (Å²) < 4.78 is 8.97. The number of methoxy groups -OCH3 is 2. The Labute approximate surface area is 95.6 Å². The van der Waals surface area contributed by atoms with Crippen LogP contribution < -0.4 is 11.5 Å². The van der Waals surface area contributed by atoms with Gasteiger partial charge < -0.3 is 20.9 Å². The van der Waals surface area contributed by atoms with Crippen LogP contribution in [0.1, 0.15) is 25.7 Å². The third kappa shape index (κ3) is 18.1. The topological polar surface area (TPSA) is 105 Å². The van der Waals surface area contributed by atoms with Gasteiger partial charge in [0.1, 0.15) is 0 Å². The van der Waals surface area contributed by atoms with Crippen molar-refractivity contribution in [3.05, 3.63) is 12.5 Å². The highest BCUT2D eigenvalue weighted by molar-refractivity contribution is 5.74. The molecule has 0 heterocycles. The molecule has 0 radical (unpaired) electrons. The summed E-state index contributed by atoms with van der Waals surface area (Å²) in [5.41, 5.74) is 9.71. The van der Waals surface area contributed by atoms with E-state index in [-0.39, 0.29) is 11.8 Å². The van der Waals surface area contributed by atoms with Crippen molar-refractivity contribution in [1.29, 1.82) is 0 Å². The molecule has 0 bridgehead atoms. The molecule has 0 aromatic rings. The Hall–Kier alpha value is -1.72. The van der Waals surface area contributed by atoms with E-state index in [1.807, 2.05) is 0 Å². The maximum absolute atomic E-state index is 10.2. The minimum Gasteiger partial charge on any atom is -0.469 e. The molecular formula is C10H20N2O4. The molecular weight excluding hydrogens is 212 g/mol. The van der Waals surface area contributed by atoms with Gasteiger partial charge in [0, 0.05) is 12.8 Å². The van der Waals surface area contributed by atoms with E-state index in [9.17, 15) is 9.59 Å². The highest BCUT2D eigenvalue weighted by Crippen LogP contribution is 1.97. The Morgan fingerprint density at radius 3 is 1.44 bits per heavy atom. The molecule has 0 aromatic heterocycles. The number of amides is 2. The number of primary amides is 2. The van der Waals surface area contributed by atoms with Crippen LogP contribution in [0.15, 0.2) is 12.5 Å². The molecule has 0 aliphatic rings. The minimum atomic E-state index is -0.329. The van der Waals surface area contributed by atoms with E-state index in [4.69, 9.17) is 11.5 Å². The quantitative estimate of drug-likeness (QED) is 0.485. The van der Waals surface area contributed by atoms with Crippen LogP contribution in [0, 0.1) is 0 Å². The zero-order chi connectivity index (χ0) is 13.0. The maximum Gasteiger partial charge on any atom is 0.270 e. The fourth-order valence-electron chi connectivity index (χ4n) is 0.682. The van der Waals surface area contributed by atoms with Crippen molar-refractivity contribution in [2.45, 2.75) is 25.7 Å². The summed E-state index contributed by atoms with van der Waals surface area (Å²) in [4.78, 5) is 20.3. The Morgan fingerprint density at radius 1 is 1.00 bits per heavy atom. The predicted molar refractivity (Wildman–Crippen MR) is 60.0 cm³/mol. The van der Waals surface area contributed by atoms with Crippen LogP contribution in [-0.4, -0.2) is 26.0 Å². The number of hydrogen-bond donors (Lipinski definition) is 2. The standard InChI is InChI=1S/C6H12N2O2.C4H8O2/c7-5(9)3-1-2-4-6(8)10;1-4(5-2)6-3/h1-4H2,(H2,7,9)(H2,8,10);1H2,2-3H3. The maximum atomic E-state index is 10.2. The fraction of sp³-hybridized carbons (Fsp3) is 0.600. The minimum absolute atomic E-state index is 0.329. The SMILES string of the molecule is C=C(OC)OC.NC(=O)CCCCC(N)=O. The highest BCUT2D eigenvalue weighted by Gasteiger charge is 1.96. The molecule has 0 unspecified atom stereocenters. The Morgan fingerprint density at radius 2 is 1.31 bits per heavy atom. The second-order valence-electron chi connectivity index (χ2n) is 2.92. The molecule has 4 N–H and O–H groups in total. The zero-order valence-corrected chi connectivity index (χ0v) is 9.82. The molecule has 0 aromatic carbocycles. The highest BCUT2D eigenvalue weighted by atomic mass is 16.7. The molecule has 0 rings (SSSR count). The van der Waals surface area contributed by atoms with Crippen molar-refractivity contribution in [3.63, 3.8) is 0 Å². The van der Waals surface area contributed by atoms with E-state index in [1.165, 1.54) is 14.2 Å². The van der Waals surface area contributed by atoms with Gasteiger partial charge in [0.2, 0.25) is 11.8 Å². The molecule has 2 amide bonds. The van der Waals surface area contributed by atoms with Gasteiger partial charge in [0.05, 0.1) is 14.2 Å².